The first-order valence-electron chi connectivity index (χ1n) is 21.1. The monoisotopic (exact) mass is 796 g/mol. The van der Waals surface area contributed by atoms with Crippen LogP contribution in [0.25, 0.3) is 16.0 Å². The molecule has 2 aromatic heterocycles. The summed E-state index contributed by atoms with van der Waals surface area (Å²) in [4.78, 5) is 24.6. The summed E-state index contributed by atoms with van der Waals surface area (Å²) in [6, 6.07) is 25.1. The van der Waals surface area contributed by atoms with Crippen molar-refractivity contribution >= 4 is 28.3 Å². The molecule has 0 aliphatic rings. The molecule has 0 saturated carbocycles. The van der Waals surface area contributed by atoms with Crippen LogP contribution >= 0.6 is 11.8 Å². The minimum absolute atomic E-state index is 0.0121. The molecule has 0 amide bonds. The predicted octanol–water partition coefficient (Wildman–Crippen LogP) is 14.3. The molecule has 0 aliphatic heterocycles. The molecule has 0 bridgehead atoms. The van der Waals surface area contributed by atoms with Crippen LogP contribution in [-0.2, 0) is 22.7 Å². The van der Waals surface area contributed by atoms with Gasteiger partial charge in [-0.05, 0) is 79.6 Å². The van der Waals surface area contributed by atoms with Crippen molar-refractivity contribution < 1.29 is 14.3 Å². The van der Waals surface area contributed by atoms with Gasteiger partial charge >= 0.3 is 5.97 Å². The summed E-state index contributed by atoms with van der Waals surface area (Å²) in [5.41, 5.74) is 7.34. The summed E-state index contributed by atoms with van der Waals surface area (Å²) >= 11 is 1.76. The lowest BCUT2D eigenvalue weighted by Gasteiger charge is -2.31. The lowest BCUT2D eigenvalue weighted by atomic mass is 9.84. The molecule has 0 spiro atoms. The zero-order valence-corrected chi connectivity index (χ0v) is 38.1. The third-order valence-electron chi connectivity index (χ3n) is 8.89. The third kappa shape index (κ3) is 19.7. The number of esters is 1. The Morgan fingerprint density at radius 2 is 1.49 bits per heavy atom. The minimum atomic E-state index is -0.167. The van der Waals surface area contributed by atoms with Crippen molar-refractivity contribution in [3.63, 3.8) is 0 Å². The van der Waals surface area contributed by atoms with Gasteiger partial charge in [-0.15, -0.1) is 11.8 Å². The van der Waals surface area contributed by atoms with Gasteiger partial charge < -0.3 is 14.4 Å². The fraction of sp³-hybridized carbons (Fsp3) is 0.500. The van der Waals surface area contributed by atoms with Gasteiger partial charge in [0.1, 0.15) is 12.4 Å². The molecule has 6 nitrogen and oxygen atoms in total. The molecular weight excluding hydrogens is 723 g/mol. The molecule has 0 radical (unpaired) electrons. The quantitative estimate of drug-likeness (QED) is 0.0692. The number of thioether (sulfide) groups is 1. The number of benzene rings is 2. The Morgan fingerprint density at radius 3 is 2.05 bits per heavy atom. The highest BCUT2D eigenvalue weighted by atomic mass is 32.2. The van der Waals surface area contributed by atoms with E-state index >= 15 is 0 Å². The second-order valence-corrected chi connectivity index (χ2v) is 18.3. The van der Waals surface area contributed by atoms with E-state index in [9.17, 15) is 4.79 Å². The van der Waals surface area contributed by atoms with Gasteiger partial charge in [-0.25, -0.2) is 0 Å². The van der Waals surface area contributed by atoms with Crippen molar-refractivity contribution in [1.29, 1.82) is 0 Å². The topological polar surface area (TPSA) is 64.5 Å². The molecule has 312 valence electrons. The van der Waals surface area contributed by atoms with Crippen molar-refractivity contribution in [2.75, 3.05) is 18.1 Å². The fourth-order valence-electron chi connectivity index (χ4n) is 6.06. The normalized spacial score (nSPS) is 11.1. The summed E-state index contributed by atoms with van der Waals surface area (Å²) in [6.07, 6.45) is 12.7. The molecule has 4 rings (SSSR count). The van der Waals surface area contributed by atoms with Crippen LogP contribution in [0.4, 0.5) is 5.69 Å². The minimum Gasteiger partial charge on any atom is -0.487 e. The number of pyridine rings is 2. The molecule has 57 heavy (non-hydrogen) atoms. The van der Waals surface area contributed by atoms with E-state index in [4.69, 9.17) is 9.47 Å². The highest BCUT2D eigenvalue weighted by Crippen LogP contribution is 2.42. The summed E-state index contributed by atoms with van der Waals surface area (Å²) in [7, 11) is 0. The number of anilines is 1. The zero-order valence-electron chi connectivity index (χ0n) is 37.2. The first-order valence-corrected chi connectivity index (χ1v) is 21.9. The van der Waals surface area contributed by atoms with Crippen LogP contribution in [0.2, 0.25) is 0 Å². The molecule has 0 saturated heterocycles. The molecule has 0 aliphatic carbocycles. The molecule has 2 heterocycles. The van der Waals surface area contributed by atoms with E-state index in [-0.39, 0.29) is 16.1 Å². The molecular formula is C50H73N3O3S. The van der Waals surface area contributed by atoms with Crippen molar-refractivity contribution in [3.8, 4) is 16.9 Å². The Labute approximate surface area is 351 Å². The Hall–Kier alpha value is -4.10. The number of hydrogen-bond acceptors (Lipinski definition) is 7. The molecule has 0 fully saturated rings. The van der Waals surface area contributed by atoms with Crippen molar-refractivity contribution in [2.24, 2.45) is 5.41 Å². The summed E-state index contributed by atoms with van der Waals surface area (Å²) < 4.78 is 11.5. The first-order chi connectivity index (χ1) is 27.1. The Balaban J connectivity index is 0.00000112. The van der Waals surface area contributed by atoms with Crippen LogP contribution < -0.4 is 9.64 Å². The van der Waals surface area contributed by atoms with Gasteiger partial charge in [0.25, 0.3) is 0 Å². The maximum atomic E-state index is 12.3. The van der Waals surface area contributed by atoms with E-state index in [1.54, 1.807) is 18.0 Å². The van der Waals surface area contributed by atoms with Crippen LogP contribution in [0, 0.1) is 12.3 Å². The Kier molecular flexibility index (Phi) is 22.4. The van der Waals surface area contributed by atoms with E-state index in [1.807, 2.05) is 50.4 Å². The maximum absolute atomic E-state index is 12.3. The number of nitrogens with zero attached hydrogens (tertiary/aromatic N) is 3. The summed E-state index contributed by atoms with van der Waals surface area (Å²) in [5.74, 6) is 0.643. The Morgan fingerprint density at radius 1 is 0.825 bits per heavy atom. The lowest BCUT2D eigenvalue weighted by molar-refractivity contribution is -0.145. The smallest absolute Gasteiger partial charge is 0.306 e. The lowest BCUT2D eigenvalue weighted by Crippen LogP contribution is -2.27. The largest absolute Gasteiger partial charge is 0.487 e. The molecule has 0 N–H and O–H groups in total. The number of rotatable bonds is 19. The molecule has 0 unspecified atom stereocenters. The molecule has 2 aromatic carbocycles. The van der Waals surface area contributed by atoms with E-state index in [2.05, 4.69) is 126 Å². The van der Waals surface area contributed by atoms with Gasteiger partial charge in [0, 0.05) is 57.6 Å². The van der Waals surface area contributed by atoms with Crippen molar-refractivity contribution in [1.82, 2.24) is 9.97 Å². The van der Waals surface area contributed by atoms with E-state index in [0.717, 1.165) is 70.4 Å². The highest BCUT2D eigenvalue weighted by Gasteiger charge is 2.24. The first kappa shape index (κ1) is 49.0. The van der Waals surface area contributed by atoms with Crippen LogP contribution in [0.3, 0.4) is 0 Å². The zero-order chi connectivity index (χ0) is 42.3. The van der Waals surface area contributed by atoms with Gasteiger partial charge in [0.15, 0.2) is 0 Å². The summed E-state index contributed by atoms with van der Waals surface area (Å²) in [6.45, 7) is 30.4. The highest BCUT2D eigenvalue weighted by molar-refractivity contribution is 8.09. The molecule has 4 aromatic rings. The predicted molar refractivity (Wildman–Crippen MR) is 247 cm³/mol. The second-order valence-electron chi connectivity index (χ2n) is 16.4. The number of aromatic nitrogens is 2. The third-order valence-corrected chi connectivity index (χ3v) is 9.97. The fourth-order valence-corrected chi connectivity index (χ4v) is 7.07. The molecule has 7 heteroatoms. The number of carbonyl (C=O) groups excluding carboxylic acids is 1. The molecule has 0 atom stereocenters. The number of hydrogen-bond donors (Lipinski definition) is 0. The average molecular weight is 796 g/mol. The second kappa shape index (κ2) is 26.0. The van der Waals surface area contributed by atoms with Gasteiger partial charge in [0.2, 0.25) is 0 Å². The number of ether oxygens (including phenoxy) is 2. The Bertz CT molecular complexity index is 1710. The van der Waals surface area contributed by atoms with Gasteiger partial charge in [-0.2, -0.15) is 0 Å². The maximum Gasteiger partial charge on any atom is 0.306 e. The van der Waals surface area contributed by atoms with Gasteiger partial charge in [-0.1, -0.05) is 137 Å². The van der Waals surface area contributed by atoms with Gasteiger partial charge in [0.05, 0.1) is 18.7 Å². The number of unbranched alkanes of at least 4 members (excludes halogenated alkanes) is 3. The van der Waals surface area contributed by atoms with Gasteiger partial charge in [-0.3, -0.25) is 14.8 Å². The van der Waals surface area contributed by atoms with Crippen molar-refractivity contribution in [3.05, 3.63) is 114 Å². The average Bonchev–Trinajstić information content (AvgIpc) is 3.16. The standard InChI is InChI=1S/C41H51N3O3S.C6H14.C3H8/c1-9-46-39(45)26-41(7,8)22-12-24-44(28-32-15-18-33(19-16-32)34-17-14-30(2)43-27-34)38-21-20-36(47-29-35-13-10-11-23-42-35)25-37(38)31(3)48-40(4,5)6;1-3-5-6-4-2;1-3-2/h10-11,13-21,23,25,27H,3,9,12,22,24,26,28-29H2,1-2,4-8H3;3-6H2,1-2H3;3H2,1-2H3. The SMILES string of the molecule is C=C(SC(C)(C)C)c1cc(OCc2ccccn2)ccc1N(CCCC(C)(C)CC(=O)OCC)Cc1ccc(-c2ccc(C)nc2)cc1.CCC.CCCCCC. The van der Waals surface area contributed by atoms with Crippen LogP contribution in [-0.4, -0.2) is 33.8 Å². The number of aryl methyl sites for hydroxylation is 1. The van der Waals surface area contributed by atoms with Crippen LogP contribution in [0.5, 0.6) is 5.75 Å². The van der Waals surface area contributed by atoms with Crippen LogP contribution in [0.15, 0.2) is 91.8 Å². The van der Waals surface area contributed by atoms with Crippen molar-refractivity contribution in [2.45, 2.75) is 145 Å². The van der Waals surface area contributed by atoms with E-state index < -0.39 is 0 Å². The number of carbonyl (C=O) groups is 1. The summed E-state index contributed by atoms with van der Waals surface area (Å²) in [5, 5.41) is 0. The van der Waals surface area contributed by atoms with E-state index in [1.165, 1.54) is 37.7 Å². The van der Waals surface area contributed by atoms with Crippen LogP contribution in [0.1, 0.15) is 143 Å². The van der Waals surface area contributed by atoms with E-state index in [0.29, 0.717) is 19.6 Å².